The molecule has 182 valence electrons. The fourth-order valence-corrected chi connectivity index (χ4v) is 4.82. The second kappa shape index (κ2) is 9.30. The molecule has 0 saturated carbocycles. The zero-order valence-electron chi connectivity index (χ0n) is 20.0. The molecule has 1 aliphatic heterocycles. The van der Waals surface area contributed by atoms with Crippen LogP contribution in [0.5, 0.6) is 5.75 Å². The zero-order chi connectivity index (χ0) is 24.6. The van der Waals surface area contributed by atoms with Crippen LogP contribution in [0.2, 0.25) is 0 Å². The quantitative estimate of drug-likeness (QED) is 0.362. The molecule has 4 aromatic rings. The van der Waals surface area contributed by atoms with E-state index in [1.54, 1.807) is 16.8 Å². The number of hydrogen-bond donors (Lipinski definition) is 0. The van der Waals surface area contributed by atoms with Crippen molar-refractivity contribution in [1.82, 2.24) is 14.0 Å². The number of aromatic nitrogens is 2. The molecule has 2 aromatic carbocycles. The summed E-state index contributed by atoms with van der Waals surface area (Å²) in [6.07, 6.45) is 2.42. The molecule has 5 rings (SSSR count). The van der Waals surface area contributed by atoms with Gasteiger partial charge in [0.05, 0.1) is 11.2 Å². The van der Waals surface area contributed by atoms with Gasteiger partial charge in [-0.2, -0.15) is 0 Å². The molecule has 5 nitrogen and oxygen atoms in total. The van der Waals surface area contributed by atoms with Crippen LogP contribution in [0.15, 0.2) is 71.7 Å². The largest absolute Gasteiger partial charge is 0.489 e. The van der Waals surface area contributed by atoms with Gasteiger partial charge in [-0.3, -0.25) is 14.3 Å². The number of alkyl halides is 2. The van der Waals surface area contributed by atoms with E-state index >= 15 is 0 Å². The van der Waals surface area contributed by atoms with Gasteiger partial charge < -0.3 is 9.30 Å². The smallest absolute Gasteiger partial charge is 0.258 e. The molecule has 0 fully saturated rings. The van der Waals surface area contributed by atoms with Gasteiger partial charge in [-0.1, -0.05) is 36.4 Å². The van der Waals surface area contributed by atoms with E-state index in [2.05, 4.69) is 9.47 Å². The molecule has 1 aliphatic rings. The minimum absolute atomic E-state index is 0.134. The fraction of sp³-hybridized carbons (Fsp3) is 0.321. The van der Waals surface area contributed by atoms with Gasteiger partial charge in [-0.25, -0.2) is 8.78 Å². The lowest BCUT2D eigenvalue weighted by molar-refractivity contribution is 0.00199. The predicted molar refractivity (Wildman–Crippen MR) is 134 cm³/mol. The Morgan fingerprint density at radius 2 is 1.86 bits per heavy atom. The Bertz CT molecular complexity index is 1400. The van der Waals surface area contributed by atoms with Gasteiger partial charge in [0, 0.05) is 62.9 Å². The molecule has 7 heteroatoms. The van der Waals surface area contributed by atoms with Crippen LogP contribution >= 0.6 is 0 Å². The minimum Gasteiger partial charge on any atom is -0.489 e. The highest BCUT2D eigenvalue weighted by Crippen LogP contribution is 2.32. The monoisotopic (exact) mass is 477 g/mol. The van der Waals surface area contributed by atoms with Crippen molar-refractivity contribution in [2.75, 3.05) is 13.1 Å². The first-order chi connectivity index (χ1) is 16.8. The number of pyridine rings is 1. The number of fused-ring (bicyclic) bond motifs is 3. The van der Waals surface area contributed by atoms with Crippen LogP contribution in [0.3, 0.4) is 0 Å². The first kappa shape index (κ1) is 23.3. The molecular formula is C28H29F2N3O2. The van der Waals surface area contributed by atoms with Gasteiger partial charge in [0.25, 0.3) is 5.56 Å². The second-order valence-corrected chi connectivity index (χ2v) is 9.38. The van der Waals surface area contributed by atoms with Crippen LogP contribution in [0.1, 0.15) is 30.2 Å². The topological polar surface area (TPSA) is 39.4 Å². The summed E-state index contributed by atoms with van der Waals surface area (Å²) in [5, 5.41) is 1.11. The third kappa shape index (κ3) is 5.00. The van der Waals surface area contributed by atoms with E-state index in [-0.39, 0.29) is 12.0 Å². The Morgan fingerprint density at radius 3 is 2.60 bits per heavy atom. The first-order valence-electron chi connectivity index (χ1n) is 11.9. The van der Waals surface area contributed by atoms with Crippen molar-refractivity contribution in [3.05, 3.63) is 94.0 Å². The zero-order valence-corrected chi connectivity index (χ0v) is 20.0. The van der Waals surface area contributed by atoms with E-state index in [4.69, 9.17) is 4.74 Å². The van der Waals surface area contributed by atoms with E-state index < -0.39 is 5.92 Å². The maximum atomic E-state index is 13.3. The van der Waals surface area contributed by atoms with E-state index in [1.807, 2.05) is 55.6 Å². The molecule has 0 amide bonds. The summed E-state index contributed by atoms with van der Waals surface area (Å²) in [5.41, 5.74) is 5.10. The highest BCUT2D eigenvalue weighted by molar-refractivity contribution is 5.87. The third-order valence-electron chi connectivity index (χ3n) is 6.75. The molecule has 0 radical (unpaired) electrons. The Balaban J connectivity index is 1.38. The van der Waals surface area contributed by atoms with Gasteiger partial charge >= 0.3 is 0 Å². The second-order valence-electron chi connectivity index (χ2n) is 9.38. The van der Waals surface area contributed by atoms with Gasteiger partial charge in [-0.05, 0) is 36.2 Å². The van der Waals surface area contributed by atoms with Crippen LogP contribution in [0.4, 0.5) is 8.78 Å². The van der Waals surface area contributed by atoms with E-state index in [0.717, 1.165) is 42.0 Å². The normalized spacial score (nSPS) is 14.3. The number of ether oxygens (including phenoxy) is 1. The highest BCUT2D eigenvalue weighted by Gasteiger charge is 2.26. The van der Waals surface area contributed by atoms with Crippen molar-refractivity contribution in [3.63, 3.8) is 0 Å². The molecule has 0 saturated heterocycles. The standard InChI is InChI=1S/C28H29F2N3O2/c1-28(29,30)12-15-32-13-11-25-24(18-32)23-9-8-21(16-26(23)31(25)2)33-14-10-22(17-27(33)34)35-19-20-6-4-3-5-7-20/h3-10,14,16-17H,11-13,15,18-19H2,1-2H3. The average Bonchev–Trinajstić information content (AvgIpc) is 3.12. The van der Waals surface area contributed by atoms with Crippen LogP contribution in [-0.2, 0) is 26.6 Å². The summed E-state index contributed by atoms with van der Waals surface area (Å²) in [5.74, 6) is -2.12. The number of nitrogens with zero attached hydrogens (tertiary/aromatic N) is 3. The maximum absolute atomic E-state index is 13.3. The third-order valence-corrected chi connectivity index (χ3v) is 6.75. The average molecular weight is 478 g/mol. The first-order valence-corrected chi connectivity index (χ1v) is 11.9. The Hall–Kier alpha value is -3.45. The maximum Gasteiger partial charge on any atom is 0.258 e. The Kier molecular flexibility index (Phi) is 6.19. The number of rotatable bonds is 7. The molecule has 35 heavy (non-hydrogen) atoms. The minimum atomic E-state index is -2.65. The van der Waals surface area contributed by atoms with Crippen LogP contribution in [0.25, 0.3) is 16.6 Å². The summed E-state index contributed by atoms with van der Waals surface area (Å²) in [7, 11) is 2.03. The lowest BCUT2D eigenvalue weighted by atomic mass is 10.0. The molecule has 0 spiro atoms. The van der Waals surface area contributed by atoms with Crippen molar-refractivity contribution in [3.8, 4) is 11.4 Å². The lowest BCUT2D eigenvalue weighted by Gasteiger charge is -2.28. The molecule has 0 N–H and O–H groups in total. The lowest BCUT2D eigenvalue weighted by Crippen LogP contribution is -2.33. The Morgan fingerprint density at radius 1 is 1.06 bits per heavy atom. The van der Waals surface area contributed by atoms with Crippen LogP contribution in [0, 0.1) is 0 Å². The number of benzene rings is 2. The van der Waals surface area contributed by atoms with E-state index in [1.165, 1.54) is 17.3 Å². The summed E-state index contributed by atoms with van der Waals surface area (Å²) in [6, 6.07) is 19.1. The number of hydrogen-bond acceptors (Lipinski definition) is 3. The van der Waals surface area contributed by atoms with Crippen molar-refractivity contribution in [2.24, 2.45) is 7.05 Å². The molecule has 0 bridgehead atoms. The van der Waals surface area contributed by atoms with E-state index in [9.17, 15) is 13.6 Å². The molecule has 2 aromatic heterocycles. The van der Waals surface area contributed by atoms with Gasteiger partial charge in [-0.15, -0.1) is 0 Å². The molecule has 0 aliphatic carbocycles. The SMILES string of the molecule is Cn1c2c(c3ccc(-n4ccc(OCc5ccccc5)cc4=O)cc31)CN(CCC(C)(F)F)CC2. The summed E-state index contributed by atoms with van der Waals surface area (Å²) >= 11 is 0. The van der Waals surface area contributed by atoms with Crippen molar-refractivity contribution in [1.29, 1.82) is 0 Å². The summed E-state index contributed by atoms with van der Waals surface area (Å²) < 4.78 is 36.3. The van der Waals surface area contributed by atoms with Gasteiger partial charge in [0.15, 0.2) is 0 Å². The molecule has 3 heterocycles. The number of halogens is 2. The van der Waals surface area contributed by atoms with Crippen molar-refractivity contribution in [2.45, 2.75) is 38.8 Å². The highest BCUT2D eigenvalue weighted by atomic mass is 19.3. The van der Waals surface area contributed by atoms with Crippen LogP contribution < -0.4 is 10.3 Å². The van der Waals surface area contributed by atoms with Gasteiger partial charge in [0.1, 0.15) is 12.4 Å². The van der Waals surface area contributed by atoms with Crippen LogP contribution in [-0.4, -0.2) is 33.0 Å². The summed E-state index contributed by atoms with van der Waals surface area (Å²) in [6.45, 7) is 3.19. The summed E-state index contributed by atoms with van der Waals surface area (Å²) in [4.78, 5) is 15.0. The molecule has 0 unspecified atom stereocenters. The fourth-order valence-electron chi connectivity index (χ4n) is 4.82. The van der Waals surface area contributed by atoms with Crippen molar-refractivity contribution >= 4 is 10.9 Å². The van der Waals surface area contributed by atoms with Gasteiger partial charge in [0.2, 0.25) is 5.92 Å². The molecule has 0 atom stereocenters. The molecular weight excluding hydrogens is 448 g/mol. The number of aryl methyl sites for hydroxylation is 1. The van der Waals surface area contributed by atoms with Crippen molar-refractivity contribution < 1.29 is 13.5 Å². The van der Waals surface area contributed by atoms with E-state index in [0.29, 0.717) is 25.4 Å². The predicted octanol–water partition coefficient (Wildman–Crippen LogP) is 5.31. The Labute approximate surface area is 203 Å².